The maximum absolute atomic E-state index is 12.8. The lowest BCUT2D eigenvalue weighted by Gasteiger charge is -2.06. The first kappa shape index (κ1) is 15.7. The highest BCUT2D eigenvalue weighted by atomic mass is 32.2. The van der Waals surface area contributed by atoms with Gasteiger partial charge in [-0.1, -0.05) is 17.3 Å². The average Bonchev–Trinajstić information content (AvgIpc) is 2.77. The van der Waals surface area contributed by atoms with Crippen LogP contribution < -0.4 is 4.72 Å². The molecular formula is C14H17FN2O3S. The molecule has 0 aliphatic carbocycles. The molecule has 0 bridgehead atoms. The Morgan fingerprint density at radius 2 is 1.90 bits per heavy atom. The number of halogens is 1. The van der Waals surface area contributed by atoms with Crippen LogP contribution in [0.5, 0.6) is 0 Å². The molecule has 7 heteroatoms. The van der Waals surface area contributed by atoms with Gasteiger partial charge in [-0.3, -0.25) is 0 Å². The lowest BCUT2D eigenvalue weighted by atomic mass is 10.1. The van der Waals surface area contributed by atoms with Crippen molar-refractivity contribution >= 4 is 10.0 Å². The molecule has 0 spiro atoms. The Morgan fingerprint density at radius 3 is 2.48 bits per heavy atom. The van der Waals surface area contributed by atoms with Crippen molar-refractivity contribution in [1.29, 1.82) is 0 Å². The van der Waals surface area contributed by atoms with Crippen LogP contribution in [-0.4, -0.2) is 20.1 Å². The standard InChI is InChI=1S/C14H17FN2O3S/c1-10-14(11(2)20-17-10)21(18,19)16-9-3-4-12-5-7-13(15)8-6-12/h5-8,16H,3-4,9H2,1-2H3. The van der Waals surface area contributed by atoms with Crippen LogP contribution in [0.15, 0.2) is 33.7 Å². The van der Waals surface area contributed by atoms with E-state index in [-0.39, 0.29) is 16.5 Å². The van der Waals surface area contributed by atoms with Gasteiger partial charge in [0.15, 0.2) is 5.76 Å². The Balaban J connectivity index is 1.90. The molecule has 2 rings (SSSR count). The molecule has 0 fully saturated rings. The molecule has 0 atom stereocenters. The first-order chi connectivity index (χ1) is 9.90. The number of hydrogen-bond acceptors (Lipinski definition) is 4. The third-order valence-electron chi connectivity index (χ3n) is 3.08. The normalized spacial score (nSPS) is 11.8. The van der Waals surface area contributed by atoms with Crippen molar-refractivity contribution in [2.45, 2.75) is 31.6 Å². The van der Waals surface area contributed by atoms with Gasteiger partial charge in [0.1, 0.15) is 16.4 Å². The lowest BCUT2D eigenvalue weighted by Crippen LogP contribution is -2.26. The van der Waals surface area contributed by atoms with Crippen LogP contribution in [0.4, 0.5) is 4.39 Å². The SMILES string of the molecule is Cc1noc(C)c1S(=O)(=O)NCCCc1ccc(F)cc1. The van der Waals surface area contributed by atoms with Crippen molar-refractivity contribution in [3.8, 4) is 0 Å². The van der Waals surface area contributed by atoms with Crippen LogP contribution in [0.3, 0.4) is 0 Å². The second kappa shape index (κ2) is 6.36. The predicted octanol–water partition coefficient (Wildman–Crippen LogP) is 2.34. The summed E-state index contributed by atoms with van der Waals surface area (Å²) >= 11 is 0. The molecule has 1 aromatic carbocycles. The summed E-state index contributed by atoms with van der Waals surface area (Å²) in [6.45, 7) is 3.44. The number of hydrogen-bond donors (Lipinski definition) is 1. The van der Waals surface area contributed by atoms with Gasteiger partial charge >= 0.3 is 0 Å². The van der Waals surface area contributed by atoms with Crippen molar-refractivity contribution < 1.29 is 17.3 Å². The van der Waals surface area contributed by atoms with E-state index in [0.29, 0.717) is 25.1 Å². The maximum Gasteiger partial charge on any atom is 0.245 e. The smallest absolute Gasteiger partial charge is 0.245 e. The molecule has 2 aromatic rings. The van der Waals surface area contributed by atoms with Crippen LogP contribution in [0.25, 0.3) is 0 Å². The molecule has 5 nitrogen and oxygen atoms in total. The third-order valence-corrected chi connectivity index (χ3v) is 4.79. The van der Waals surface area contributed by atoms with Crippen LogP contribution in [0.1, 0.15) is 23.4 Å². The minimum atomic E-state index is -3.61. The summed E-state index contributed by atoms with van der Waals surface area (Å²) in [4.78, 5) is 0.101. The van der Waals surface area contributed by atoms with E-state index in [1.807, 2.05) is 0 Å². The molecule has 0 saturated heterocycles. The number of nitrogens with zero attached hydrogens (tertiary/aromatic N) is 1. The number of rotatable bonds is 6. The molecule has 1 N–H and O–H groups in total. The van der Waals surface area contributed by atoms with Gasteiger partial charge in [0.25, 0.3) is 0 Å². The summed E-state index contributed by atoms with van der Waals surface area (Å²) < 4.78 is 44.4. The van der Waals surface area contributed by atoms with Gasteiger partial charge in [0.2, 0.25) is 10.0 Å². The summed E-state index contributed by atoms with van der Waals surface area (Å²) in [5, 5.41) is 3.64. The van der Waals surface area contributed by atoms with E-state index in [2.05, 4.69) is 9.88 Å². The van der Waals surface area contributed by atoms with Gasteiger partial charge in [-0.05, 0) is 44.4 Å². The topological polar surface area (TPSA) is 72.2 Å². The minimum absolute atomic E-state index is 0.101. The van der Waals surface area contributed by atoms with E-state index in [4.69, 9.17) is 4.52 Å². The van der Waals surface area contributed by atoms with Crippen molar-refractivity contribution in [2.24, 2.45) is 0 Å². The second-order valence-corrected chi connectivity index (χ2v) is 6.48. The molecule has 0 saturated carbocycles. The van der Waals surface area contributed by atoms with Crippen molar-refractivity contribution in [2.75, 3.05) is 6.54 Å². The summed E-state index contributed by atoms with van der Waals surface area (Å²) in [7, 11) is -3.61. The monoisotopic (exact) mass is 312 g/mol. The Labute approximate surface area is 123 Å². The van der Waals surface area contributed by atoms with E-state index in [9.17, 15) is 12.8 Å². The molecule has 114 valence electrons. The zero-order valence-corrected chi connectivity index (χ0v) is 12.7. The van der Waals surface area contributed by atoms with Gasteiger partial charge in [0, 0.05) is 6.54 Å². The summed E-state index contributed by atoms with van der Waals surface area (Å²) in [6, 6.07) is 6.17. The number of sulfonamides is 1. The Bertz CT molecular complexity index is 689. The third kappa shape index (κ3) is 3.89. The molecule has 0 unspecified atom stereocenters. The Morgan fingerprint density at radius 1 is 1.24 bits per heavy atom. The molecule has 1 aromatic heterocycles. The van der Waals surface area contributed by atoms with E-state index in [1.165, 1.54) is 12.1 Å². The van der Waals surface area contributed by atoms with Crippen LogP contribution in [0.2, 0.25) is 0 Å². The lowest BCUT2D eigenvalue weighted by molar-refractivity contribution is 0.390. The minimum Gasteiger partial charge on any atom is -0.360 e. The molecule has 0 aliphatic rings. The van der Waals surface area contributed by atoms with Gasteiger partial charge in [-0.15, -0.1) is 0 Å². The zero-order chi connectivity index (χ0) is 15.5. The second-order valence-electron chi connectivity index (χ2n) is 4.78. The number of benzene rings is 1. The number of nitrogens with one attached hydrogen (secondary N) is 1. The fraction of sp³-hybridized carbons (Fsp3) is 0.357. The first-order valence-electron chi connectivity index (χ1n) is 6.57. The maximum atomic E-state index is 12.8. The van der Waals surface area contributed by atoms with Crippen LogP contribution in [0, 0.1) is 19.7 Å². The Kier molecular flexibility index (Phi) is 4.74. The highest BCUT2D eigenvalue weighted by Crippen LogP contribution is 2.18. The Hall–Kier alpha value is -1.73. The molecular weight excluding hydrogens is 295 g/mol. The van der Waals surface area contributed by atoms with E-state index in [1.54, 1.807) is 26.0 Å². The number of aryl methyl sites for hydroxylation is 3. The van der Waals surface area contributed by atoms with Crippen molar-refractivity contribution in [1.82, 2.24) is 9.88 Å². The highest BCUT2D eigenvalue weighted by Gasteiger charge is 2.23. The zero-order valence-electron chi connectivity index (χ0n) is 11.9. The molecule has 1 heterocycles. The first-order valence-corrected chi connectivity index (χ1v) is 8.05. The molecule has 21 heavy (non-hydrogen) atoms. The molecule has 0 radical (unpaired) electrons. The number of aromatic nitrogens is 1. The van der Waals surface area contributed by atoms with Gasteiger partial charge in [-0.25, -0.2) is 17.5 Å². The average molecular weight is 312 g/mol. The molecule has 0 amide bonds. The quantitative estimate of drug-likeness (QED) is 0.831. The largest absolute Gasteiger partial charge is 0.360 e. The van der Waals surface area contributed by atoms with Crippen molar-refractivity contribution in [3.05, 3.63) is 47.1 Å². The van der Waals surface area contributed by atoms with Crippen LogP contribution in [-0.2, 0) is 16.4 Å². The van der Waals surface area contributed by atoms with Crippen LogP contribution >= 0.6 is 0 Å². The van der Waals surface area contributed by atoms with Gasteiger partial charge in [-0.2, -0.15) is 0 Å². The van der Waals surface area contributed by atoms with Gasteiger partial charge in [0.05, 0.1) is 0 Å². The summed E-state index contributed by atoms with van der Waals surface area (Å²) in [6.07, 6.45) is 1.29. The van der Waals surface area contributed by atoms with Crippen molar-refractivity contribution in [3.63, 3.8) is 0 Å². The van der Waals surface area contributed by atoms with Gasteiger partial charge < -0.3 is 4.52 Å². The summed E-state index contributed by atoms with van der Waals surface area (Å²) in [5.41, 5.74) is 1.31. The molecule has 0 aliphatic heterocycles. The van der Waals surface area contributed by atoms with E-state index >= 15 is 0 Å². The van der Waals surface area contributed by atoms with E-state index < -0.39 is 10.0 Å². The van der Waals surface area contributed by atoms with E-state index in [0.717, 1.165) is 5.56 Å². The fourth-order valence-corrected chi connectivity index (χ4v) is 3.48. The predicted molar refractivity (Wildman–Crippen MR) is 75.9 cm³/mol. The highest BCUT2D eigenvalue weighted by molar-refractivity contribution is 7.89. The summed E-state index contributed by atoms with van der Waals surface area (Å²) in [5.74, 6) is -0.00334. The fourth-order valence-electron chi connectivity index (χ4n) is 2.08.